The van der Waals surface area contributed by atoms with Crippen molar-refractivity contribution in [1.82, 2.24) is 0 Å². The van der Waals surface area contributed by atoms with Crippen molar-refractivity contribution < 1.29 is 53.5 Å². The molecule has 2 aromatic carbocycles. The van der Waals surface area contributed by atoms with Crippen LogP contribution in [0, 0.1) is 58.2 Å². The molecule has 0 saturated carbocycles. The molecule has 0 heterocycles. The first kappa shape index (κ1) is 22.1. The van der Waals surface area contributed by atoms with Gasteiger partial charge in [-0.05, 0) is 21.6 Å². The monoisotopic (exact) mass is 454 g/mol. The highest BCUT2D eigenvalue weighted by atomic mass is 33.1. The molecule has 2 nitrogen and oxygen atoms in total. The van der Waals surface area contributed by atoms with Crippen LogP contribution >= 0.6 is 21.6 Å². The number of carbonyl (C=O) groups is 2. The van der Waals surface area contributed by atoms with E-state index in [0.717, 1.165) is 0 Å². The van der Waals surface area contributed by atoms with Crippen LogP contribution in [0.15, 0.2) is 0 Å². The third-order valence-electron chi connectivity index (χ3n) is 3.02. The van der Waals surface area contributed by atoms with E-state index in [4.69, 9.17) is 0 Å². The maximum absolute atomic E-state index is 13.5. The standard InChI is InChI=1S/C14F10O2S2/c15-3-1(4(16)8(20)11(23)7(3)19)13(25)27-28-14(26)2-5(17)9(21)12(24)10(22)6(2)18. The molecule has 0 radical (unpaired) electrons. The molecule has 0 atom stereocenters. The van der Waals surface area contributed by atoms with Crippen LogP contribution in [0.1, 0.15) is 20.7 Å². The molecule has 0 aliphatic rings. The fourth-order valence-corrected chi connectivity index (χ4v) is 3.36. The van der Waals surface area contributed by atoms with Crippen LogP contribution in [0.5, 0.6) is 0 Å². The average Bonchev–Trinajstić information content (AvgIpc) is 2.66. The maximum atomic E-state index is 13.5. The second kappa shape index (κ2) is 8.03. The van der Waals surface area contributed by atoms with Gasteiger partial charge in [0.1, 0.15) is 11.1 Å². The molecule has 0 unspecified atom stereocenters. The zero-order chi connectivity index (χ0) is 21.5. The topological polar surface area (TPSA) is 34.1 Å². The molecule has 0 saturated heterocycles. The number of hydrogen-bond acceptors (Lipinski definition) is 4. The Bertz CT molecular complexity index is 885. The highest BCUT2D eigenvalue weighted by Crippen LogP contribution is 2.35. The Kier molecular flexibility index (Phi) is 6.33. The van der Waals surface area contributed by atoms with Crippen LogP contribution in [0.4, 0.5) is 43.9 Å². The number of halogens is 10. The smallest absolute Gasteiger partial charge is 0.236 e. The van der Waals surface area contributed by atoms with E-state index in [1.165, 1.54) is 0 Å². The number of rotatable bonds is 2. The summed E-state index contributed by atoms with van der Waals surface area (Å²) in [5, 5.41) is -3.90. The molecular formula is C14F10O2S2. The summed E-state index contributed by atoms with van der Waals surface area (Å²) >= 11 is 0. The molecule has 0 aromatic heterocycles. The van der Waals surface area contributed by atoms with Gasteiger partial charge in [0.05, 0.1) is 0 Å². The zero-order valence-electron chi connectivity index (χ0n) is 12.4. The Labute approximate surface area is 155 Å². The van der Waals surface area contributed by atoms with Crippen molar-refractivity contribution in [1.29, 1.82) is 0 Å². The van der Waals surface area contributed by atoms with E-state index in [1.807, 2.05) is 0 Å². The van der Waals surface area contributed by atoms with Crippen molar-refractivity contribution in [2.24, 2.45) is 0 Å². The summed E-state index contributed by atoms with van der Waals surface area (Å²) in [5.41, 5.74) is -3.95. The van der Waals surface area contributed by atoms with E-state index in [9.17, 15) is 53.5 Å². The SMILES string of the molecule is O=C(SSC(=O)c1c(F)c(F)c(F)c(F)c1F)c1c(F)c(F)c(F)c(F)c1F. The van der Waals surface area contributed by atoms with Gasteiger partial charge in [-0.3, -0.25) is 9.59 Å². The van der Waals surface area contributed by atoms with Gasteiger partial charge in [0.15, 0.2) is 46.5 Å². The minimum atomic E-state index is -2.57. The Morgan fingerprint density at radius 1 is 0.393 bits per heavy atom. The van der Waals surface area contributed by atoms with Gasteiger partial charge in [0.25, 0.3) is 0 Å². The fraction of sp³-hybridized carbons (Fsp3) is 0. The predicted molar refractivity (Wildman–Crippen MR) is 76.3 cm³/mol. The lowest BCUT2D eigenvalue weighted by Crippen LogP contribution is -2.12. The van der Waals surface area contributed by atoms with Crippen LogP contribution in [-0.2, 0) is 0 Å². The minimum Gasteiger partial charge on any atom is -0.280 e. The molecule has 2 aromatic rings. The van der Waals surface area contributed by atoms with Gasteiger partial charge in [0.2, 0.25) is 21.9 Å². The Morgan fingerprint density at radius 2 is 0.571 bits per heavy atom. The summed E-state index contributed by atoms with van der Waals surface area (Å²) in [6.07, 6.45) is 0. The molecule has 14 heteroatoms. The molecule has 0 fully saturated rings. The number of benzene rings is 2. The maximum Gasteiger partial charge on any atom is 0.236 e. The molecule has 150 valence electrons. The van der Waals surface area contributed by atoms with Gasteiger partial charge >= 0.3 is 0 Å². The van der Waals surface area contributed by atoms with Crippen LogP contribution < -0.4 is 0 Å². The Morgan fingerprint density at radius 3 is 0.786 bits per heavy atom. The van der Waals surface area contributed by atoms with E-state index < -0.39 is 101 Å². The summed E-state index contributed by atoms with van der Waals surface area (Å²) in [6, 6.07) is 0. The molecule has 0 aliphatic carbocycles. The van der Waals surface area contributed by atoms with E-state index in [0.29, 0.717) is 0 Å². The van der Waals surface area contributed by atoms with Crippen molar-refractivity contribution in [2.75, 3.05) is 0 Å². The van der Waals surface area contributed by atoms with Crippen LogP contribution in [-0.4, -0.2) is 10.2 Å². The number of carbonyl (C=O) groups excluding carboxylic acids is 2. The van der Waals surface area contributed by atoms with Crippen molar-refractivity contribution in [2.45, 2.75) is 0 Å². The molecule has 0 amide bonds. The van der Waals surface area contributed by atoms with Crippen molar-refractivity contribution in [3.63, 3.8) is 0 Å². The molecule has 0 aliphatic heterocycles. The second-order valence-corrected chi connectivity index (χ2v) is 6.71. The zero-order valence-corrected chi connectivity index (χ0v) is 14.0. The van der Waals surface area contributed by atoms with Gasteiger partial charge in [-0.15, -0.1) is 0 Å². The van der Waals surface area contributed by atoms with E-state index in [-0.39, 0.29) is 0 Å². The predicted octanol–water partition coefficient (Wildman–Crippen LogP) is 5.44. The highest BCUT2D eigenvalue weighted by molar-refractivity contribution is 8.87. The van der Waals surface area contributed by atoms with Gasteiger partial charge in [-0.1, -0.05) is 0 Å². The van der Waals surface area contributed by atoms with E-state index in [1.54, 1.807) is 0 Å². The molecular weight excluding hydrogens is 454 g/mol. The quantitative estimate of drug-likeness (QED) is 0.262. The number of hydrogen-bond donors (Lipinski definition) is 0. The summed E-state index contributed by atoms with van der Waals surface area (Å²) in [6.45, 7) is 0. The second-order valence-electron chi connectivity index (χ2n) is 4.63. The molecule has 2 rings (SSSR count). The summed E-state index contributed by atoms with van der Waals surface area (Å²) in [7, 11) is -1.12. The van der Waals surface area contributed by atoms with Crippen LogP contribution in [0.3, 0.4) is 0 Å². The van der Waals surface area contributed by atoms with Crippen LogP contribution in [0.2, 0.25) is 0 Å². The molecule has 0 spiro atoms. The average molecular weight is 454 g/mol. The summed E-state index contributed by atoms with van der Waals surface area (Å²) < 4.78 is 132. The minimum absolute atomic E-state index is 0.562. The van der Waals surface area contributed by atoms with Gasteiger partial charge in [0, 0.05) is 0 Å². The van der Waals surface area contributed by atoms with E-state index in [2.05, 4.69) is 0 Å². The lowest BCUT2D eigenvalue weighted by Gasteiger charge is -2.08. The summed E-state index contributed by atoms with van der Waals surface area (Å²) in [4.78, 5) is 23.3. The van der Waals surface area contributed by atoms with Crippen molar-refractivity contribution in [3.8, 4) is 0 Å². The summed E-state index contributed by atoms with van der Waals surface area (Å²) in [5.74, 6) is -25.2. The first-order valence-corrected chi connectivity index (χ1v) is 8.52. The first-order valence-electron chi connectivity index (χ1n) is 6.37. The lowest BCUT2D eigenvalue weighted by molar-refractivity contribution is 0.106. The van der Waals surface area contributed by atoms with Gasteiger partial charge in [-0.2, -0.15) is 0 Å². The van der Waals surface area contributed by atoms with Crippen molar-refractivity contribution >= 4 is 31.8 Å². The van der Waals surface area contributed by atoms with Crippen molar-refractivity contribution in [3.05, 3.63) is 69.3 Å². The highest BCUT2D eigenvalue weighted by Gasteiger charge is 2.33. The Balaban J connectivity index is 2.34. The fourth-order valence-electron chi connectivity index (χ4n) is 1.73. The van der Waals surface area contributed by atoms with E-state index >= 15 is 0 Å². The lowest BCUT2D eigenvalue weighted by atomic mass is 10.2. The molecule has 0 N–H and O–H groups in total. The third kappa shape index (κ3) is 3.57. The Hall–Kier alpha value is -2.22. The third-order valence-corrected chi connectivity index (χ3v) is 4.97. The first-order chi connectivity index (χ1) is 12.9. The molecule has 28 heavy (non-hydrogen) atoms. The van der Waals surface area contributed by atoms with Gasteiger partial charge in [-0.25, -0.2) is 43.9 Å². The molecule has 0 bridgehead atoms. The largest absolute Gasteiger partial charge is 0.280 e. The van der Waals surface area contributed by atoms with Gasteiger partial charge < -0.3 is 0 Å². The van der Waals surface area contributed by atoms with Crippen LogP contribution in [0.25, 0.3) is 0 Å². The normalized spacial score (nSPS) is 11.1.